The maximum Gasteiger partial charge on any atom is 0.258 e. The van der Waals surface area contributed by atoms with Crippen LogP contribution in [0.25, 0.3) is 11.2 Å². The fraction of sp³-hybridized carbons (Fsp3) is 0.353. The molecular weight excluding hydrogens is 350 g/mol. The van der Waals surface area contributed by atoms with Gasteiger partial charge < -0.3 is 9.30 Å². The van der Waals surface area contributed by atoms with Gasteiger partial charge in [-0.2, -0.15) is 0 Å². The third-order valence-electron chi connectivity index (χ3n) is 4.52. The minimum atomic E-state index is -2.75. The molecule has 0 saturated heterocycles. The van der Waals surface area contributed by atoms with Crippen molar-refractivity contribution in [2.24, 2.45) is 11.8 Å². The Kier molecular flexibility index (Phi) is 4.13. The van der Waals surface area contributed by atoms with Gasteiger partial charge in [0, 0.05) is 6.54 Å². The van der Waals surface area contributed by atoms with Crippen LogP contribution in [0.1, 0.15) is 5.56 Å². The van der Waals surface area contributed by atoms with E-state index in [1.807, 2.05) is 30.3 Å². The van der Waals surface area contributed by atoms with Crippen LogP contribution in [0.4, 0.5) is 8.78 Å². The van der Waals surface area contributed by atoms with Crippen molar-refractivity contribution >= 4 is 22.8 Å². The van der Waals surface area contributed by atoms with Gasteiger partial charge in [-0.1, -0.05) is 41.9 Å². The van der Waals surface area contributed by atoms with E-state index in [0.29, 0.717) is 17.8 Å². The zero-order chi connectivity index (χ0) is 17.4. The summed E-state index contributed by atoms with van der Waals surface area (Å²) in [5.41, 5.74) is 1.85. The average molecular weight is 365 g/mol. The predicted molar refractivity (Wildman–Crippen MR) is 88.4 cm³/mol. The van der Waals surface area contributed by atoms with E-state index in [1.165, 1.54) is 12.7 Å². The van der Waals surface area contributed by atoms with Crippen LogP contribution in [0.2, 0.25) is 5.15 Å². The average Bonchev–Trinajstić information content (AvgIpc) is 2.94. The van der Waals surface area contributed by atoms with Crippen LogP contribution in [0, 0.1) is 11.8 Å². The van der Waals surface area contributed by atoms with Crippen molar-refractivity contribution < 1.29 is 13.5 Å². The zero-order valence-electron chi connectivity index (χ0n) is 13.1. The SMILES string of the molecule is FC1(F)[C@H](COCc2ccccc2)[C@@H]1Cn1cnc2c(Cl)ncnc21. The maximum atomic E-state index is 14.1. The van der Waals surface area contributed by atoms with Gasteiger partial charge in [0.2, 0.25) is 0 Å². The Morgan fingerprint density at radius 1 is 1.12 bits per heavy atom. The van der Waals surface area contributed by atoms with E-state index < -0.39 is 17.8 Å². The van der Waals surface area contributed by atoms with Gasteiger partial charge in [0.05, 0.1) is 31.4 Å². The number of ether oxygens (including phenoxy) is 1. The minimum Gasteiger partial charge on any atom is -0.376 e. The van der Waals surface area contributed by atoms with Gasteiger partial charge in [-0.05, 0) is 5.56 Å². The summed E-state index contributed by atoms with van der Waals surface area (Å²) in [5.74, 6) is -4.34. The van der Waals surface area contributed by atoms with Crippen molar-refractivity contribution in [1.82, 2.24) is 19.5 Å². The number of fused-ring (bicyclic) bond motifs is 1. The highest BCUT2D eigenvalue weighted by Gasteiger charge is 2.67. The Morgan fingerprint density at radius 2 is 1.92 bits per heavy atom. The highest BCUT2D eigenvalue weighted by Crippen LogP contribution is 2.56. The minimum absolute atomic E-state index is 0.0227. The number of imidazole rings is 1. The van der Waals surface area contributed by atoms with Crippen LogP contribution in [0.5, 0.6) is 0 Å². The van der Waals surface area contributed by atoms with Crippen LogP contribution in [-0.4, -0.2) is 32.0 Å². The molecule has 4 rings (SSSR count). The van der Waals surface area contributed by atoms with Crippen LogP contribution in [0.3, 0.4) is 0 Å². The molecule has 5 nitrogen and oxygen atoms in total. The molecule has 0 amide bonds. The van der Waals surface area contributed by atoms with Crippen LogP contribution in [-0.2, 0) is 17.9 Å². The van der Waals surface area contributed by atoms with Crippen LogP contribution >= 0.6 is 11.6 Å². The first-order chi connectivity index (χ1) is 12.1. The highest BCUT2D eigenvalue weighted by molar-refractivity contribution is 6.33. The summed E-state index contributed by atoms with van der Waals surface area (Å²) in [6.45, 7) is 0.474. The molecule has 0 aliphatic heterocycles. The number of rotatable bonds is 6. The van der Waals surface area contributed by atoms with E-state index in [1.54, 1.807) is 4.57 Å². The van der Waals surface area contributed by atoms with Gasteiger partial charge >= 0.3 is 0 Å². The fourth-order valence-corrected chi connectivity index (χ4v) is 3.19. The molecule has 0 radical (unpaired) electrons. The lowest BCUT2D eigenvalue weighted by atomic mass is 10.2. The van der Waals surface area contributed by atoms with E-state index >= 15 is 0 Å². The van der Waals surface area contributed by atoms with E-state index in [4.69, 9.17) is 16.3 Å². The first-order valence-corrected chi connectivity index (χ1v) is 8.26. The Morgan fingerprint density at radius 3 is 2.72 bits per heavy atom. The lowest BCUT2D eigenvalue weighted by Gasteiger charge is -2.04. The summed E-state index contributed by atoms with van der Waals surface area (Å²) >= 11 is 5.94. The largest absolute Gasteiger partial charge is 0.376 e. The molecule has 130 valence electrons. The van der Waals surface area contributed by atoms with Crippen LogP contribution in [0.15, 0.2) is 43.0 Å². The van der Waals surface area contributed by atoms with Crippen molar-refractivity contribution in [3.8, 4) is 0 Å². The highest BCUT2D eigenvalue weighted by atomic mass is 35.5. The second-order valence-corrected chi connectivity index (χ2v) is 6.48. The van der Waals surface area contributed by atoms with Gasteiger partial charge in [0.1, 0.15) is 11.8 Å². The fourth-order valence-electron chi connectivity index (χ4n) is 3.01. The lowest BCUT2D eigenvalue weighted by Crippen LogP contribution is -2.04. The Hall–Kier alpha value is -2.12. The first kappa shape index (κ1) is 16.4. The molecule has 1 fully saturated rings. The summed E-state index contributed by atoms with van der Waals surface area (Å²) in [4.78, 5) is 12.0. The molecule has 2 atom stereocenters. The van der Waals surface area contributed by atoms with Gasteiger partial charge in [-0.3, -0.25) is 0 Å². The van der Waals surface area contributed by atoms with Crippen molar-refractivity contribution in [1.29, 1.82) is 0 Å². The number of halogens is 3. The predicted octanol–water partition coefficient (Wildman–Crippen LogP) is 3.58. The molecule has 25 heavy (non-hydrogen) atoms. The summed E-state index contributed by atoms with van der Waals surface area (Å²) in [5, 5.41) is 0.217. The topological polar surface area (TPSA) is 52.8 Å². The van der Waals surface area contributed by atoms with Crippen LogP contribution < -0.4 is 0 Å². The molecule has 1 aromatic carbocycles. The number of benzene rings is 1. The van der Waals surface area contributed by atoms with Crippen molar-refractivity contribution in [2.75, 3.05) is 6.61 Å². The molecule has 1 saturated carbocycles. The molecule has 1 aliphatic carbocycles. The number of nitrogens with zero attached hydrogens (tertiary/aromatic N) is 4. The Bertz CT molecular complexity index is 887. The second kappa shape index (κ2) is 6.31. The van der Waals surface area contributed by atoms with E-state index in [-0.39, 0.29) is 18.3 Å². The van der Waals surface area contributed by atoms with Gasteiger partial charge in [-0.25, -0.2) is 23.7 Å². The third-order valence-corrected chi connectivity index (χ3v) is 4.80. The molecule has 0 bridgehead atoms. The van der Waals surface area contributed by atoms with Crippen molar-refractivity contribution in [3.63, 3.8) is 0 Å². The maximum absolute atomic E-state index is 14.1. The second-order valence-electron chi connectivity index (χ2n) is 6.12. The number of aromatic nitrogens is 4. The molecule has 2 heterocycles. The monoisotopic (exact) mass is 364 g/mol. The standard InChI is InChI=1S/C17H15ClF2N4O/c18-15-14-16(22-9-21-15)24(10-23-14)6-12-13(17(12,19)20)8-25-7-11-4-2-1-3-5-11/h1-5,9-10,12-13H,6-8H2/t12-,13+/m0/s1. The molecule has 1 aliphatic rings. The van der Waals surface area contributed by atoms with Gasteiger partial charge in [-0.15, -0.1) is 0 Å². The van der Waals surface area contributed by atoms with E-state index in [0.717, 1.165) is 5.56 Å². The number of hydrogen-bond acceptors (Lipinski definition) is 4. The van der Waals surface area contributed by atoms with Gasteiger partial charge in [0.15, 0.2) is 10.8 Å². The lowest BCUT2D eigenvalue weighted by molar-refractivity contribution is 0.0455. The zero-order valence-corrected chi connectivity index (χ0v) is 13.9. The van der Waals surface area contributed by atoms with Crippen molar-refractivity contribution in [3.05, 3.63) is 53.7 Å². The summed E-state index contributed by atoms with van der Waals surface area (Å²) in [6, 6.07) is 9.50. The van der Waals surface area contributed by atoms with E-state index in [9.17, 15) is 8.78 Å². The van der Waals surface area contributed by atoms with Gasteiger partial charge in [0.25, 0.3) is 5.92 Å². The quantitative estimate of drug-likeness (QED) is 0.627. The summed E-state index contributed by atoms with van der Waals surface area (Å²) in [7, 11) is 0. The Balaban J connectivity index is 1.40. The molecule has 0 spiro atoms. The molecule has 8 heteroatoms. The molecule has 2 aromatic heterocycles. The Labute approximate surface area is 147 Å². The molecule has 3 aromatic rings. The first-order valence-electron chi connectivity index (χ1n) is 7.88. The number of alkyl halides is 2. The summed E-state index contributed by atoms with van der Waals surface area (Å²) in [6.07, 6.45) is 2.77. The third kappa shape index (κ3) is 3.09. The number of hydrogen-bond donors (Lipinski definition) is 0. The molecular formula is C17H15ClF2N4O. The molecule has 0 N–H and O–H groups in total. The van der Waals surface area contributed by atoms with E-state index in [2.05, 4.69) is 15.0 Å². The molecule has 0 unspecified atom stereocenters. The normalized spacial score (nSPS) is 21.6. The summed E-state index contributed by atoms with van der Waals surface area (Å²) < 4.78 is 35.3. The van der Waals surface area contributed by atoms with Crippen molar-refractivity contribution in [2.45, 2.75) is 19.1 Å². The smallest absolute Gasteiger partial charge is 0.258 e.